The maximum atomic E-state index is 9.18. The third-order valence-corrected chi connectivity index (χ3v) is 5.36. The zero-order chi connectivity index (χ0) is 13.2. The summed E-state index contributed by atoms with van der Waals surface area (Å²) in [4.78, 5) is 2.61. The van der Waals surface area contributed by atoms with E-state index in [4.69, 9.17) is 0 Å². The molecule has 1 aromatic carbocycles. The minimum Gasteiger partial charge on any atom is -0.396 e. The van der Waals surface area contributed by atoms with E-state index in [0.29, 0.717) is 12.5 Å². The number of piperidine rings is 1. The molecule has 3 rings (SSSR count). The van der Waals surface area contributed by atoms with Gasteiger partial charge in [0.1, 0.15) is 0 Å². The van der Waals surface area contributed by atoms with Gasteiger partial charge in [0.25, 0.3) is 0 Å². The van der Waals surface area contributed by atoms with Gasteiger partial charge < -0.3 is 10.0 Å². The lowest BCUT2D eigenvalue weighted by Gasteiger charge is -2.43. The predicted molar refractivity (Wildman–Crippen MR) is 78.2 cm³/mol. The number of hydrogen-bond donors (Lipinski definition) is 1. The molecule has 0 amide bonds. The molecule has 2 aliphatic rings. The van der Waals surface area contributed by atoms with Crippen molar-refractivity contribution in [1.29, 1.82) is 0 Å². The van der Waals surface area contributed by atoms with Gasteiger partial charge in [-0.2, -0.15) is 0 Å². The number of rotatable bonds is 4. The van der Waals surface area contributed by atoms with Crippen LogP contribution in [0.4, 0.5) is 0 Å². The molecule has 2 bridgehead atoms. The molecule has 2 heteroatoms. The molecule has 2 nitrogen and oxygen atoms in total. The fourth-order valence-electron chi connectivity index (χ4n) is 4.38. The lowest BCUT2D eigenvalue weighted by atomic mass is 9.74. The highest BCUT2D eigenvalue weighted by Gasteiger charge is 2.45. The maximum absolute atomic E-state index is 9.18. The molecule has 2 fully saturated rings. The number of aliphatic hydroxyl groups excluding tert-OH is 1. The molecule has 2 saturated heterocycles. The van der Waals surface area contributed by atoms with Gasteiger partial charge in [-0.05, 0) is 56.6 Å². The van der Waals surface area contributed by atoms with Crippen LogP contribution in [0.3, 0.4) is 0 Å². The first-order valence-corrected chi connectivity index (χ1v) is 7.69. The Kier molecular flexibility index (Phi) is 3.90. The van der Waals surface area contributed by atoms with Crippen LogP contribution < -0.4 is 0 Å². The Morgan fingerprint density at radius 1 is 1.21 bits per heavy atom. The topological polar surface area (TPSA) is 23.5 Å². The minimum absolute atomic E-state index is 0.331. The summed E-state index contributed by atoms with van der Waals surface area (Å²) in [6.45, 7) is 0.331. The van der Waals surface area contributed by atoms with Gasteiger partial charge in [-0.15, -0.1) is 0 Å². The second kappa shape index (κ2) is 5.64. The molecule has 0 saturated carbocycles. The summed E-state index contributed by atoms with van der Waals surface area (Å²) in [6.07, 6.45) is 6.12. The standard InChI is InChI=1S/C17H25NO/c1-18-14-9-10-17(18)15(8-5-11-19)16(12-14)13-6-3-2-4-7-13/h2-4,6-7,14-17,19H,5,8-12H2,1H3/t14-,15-,16+,17+/m0/s1. The number of nitrogens with zero attached hydrogens (tertiary/aromatic N) is 1. The normalized spacial score (nSPS) is 34.6. The van der Waals surface area contributed by atoms with Gasteiger partial charge in [0, 0.05) is 18.7 Å². The van der Waals surface area contributed by atoms with Gasteiger partial charge in [0.2, 0.25) is 0 Å². The maximum Gasteiger partial charge on any atom is 0.0431 e. The number of aliphatic hydroxyl groups is 1. The van der Waals surface area contributed by atoms with Gasteiger partial charge in [0.05, 0.1) is 0 Å². The summed E-state index contributed by atoms with van der Waals surface area (Å²) >= 11 is 0. The summed E-state index contributed by atoms with van der Waals surface area (Å²) in [7, 11) is 2.30. The molecular weight excluding hydrogens is 234 g/mol. The van der Waals surface area contributed by atoms with Crippen LogP contribution in [-0.4, -0.2) is 35.7 Å². The first kappa shape index (κ1) is 13.1. The fourth-order valence-corrected chi connectivity index (χ4v) is 4.38. The molecule has 1 N–H and O–H groups in total. The van der Waals surface area contributed by atoms with Crippen molar-refractivity contribution < 1.29 is 5.11 Å². The van der Waals surface area contributed by atoms with Crippen LogP contribution in [-0.2, 0) is 0 Å². The molecule has 4 atom stereocenters. The molecule has 0 spiro atoms. The van der Waals surface area contributed by atoms with Crippen LogP contribution in [0, 0.1) is 5.92 Å². The summed E-state index contributed by atoms with van der Waals surface area (Å²) in [5.41, 5.74) is 1.51. The Morgan fingerprint density at radius 2 is 2.00 bits per heavy atom. The quantitative estimate of drug-likeness (QED) is 0.898. The highest BCUT2D eigenvalue weighted by molar-refractivity contribution is 5.23. The van der Waals surface area contributed by atoms with Crippen LogP contribution >= 0.6 is 0 Å². The Labute approximate surface area is 116 Å². The van der Waals surface area contributed by atoms with Gasteiger partial charge in [-0.1, -0.05) is 30.3 Å². The van der Waals surface area contributed by atoms with Gasteiger partial charge in [-0.25, -0.2) is 0 Å². The van der Waals surface area contributed by atoms with Gasteiger partial charge >= 0.3 is 0 Å². The van der Waals surface area contributed by atoms with Crippen LogP contribution in [0.2, 0.25) is 0 Å². The smallest absolute Gasteiger partial charge is 0.0431 e. The van der Waals surface area contributed by atoms with Crippen LogP contribution in [0.15, 0.2) is 30.3 Å². The van der Waals surface area contributed by atoms with Crippen molar-refractivity contribution in [2.45, 2.75) is 50.1 Å². The van der Waals surface area contributed by atoms with Crippen molar-refractivity contribution in [3.05, 3.63) is 35.9 Å². The van der Waals surface area contributed by atoms with E-state index in [2.05, 4.69) is 42.3 Å². The lowest BCUT2D eigenvalue weighted by molar-refractivity contribution is 0.0894. The molecule has 2 heterocycles. The van der Waals surface area contributed by atoms with Crippen molar-refractivity contribution in [3.8, 4) is 0 Å². The molecule has 0 unspecified atom stereocenters. The Hall–Kier alpha value is -0.860. The second-order valence-corrected chi connectivity index (χ2v) is 6.25. The monoisotopic (exact) mass is 259 g/mol. The average Bonchev–Trinajstić information content (AvgIpc) is 2.70. The van der Waals surface area contributed by atoms with Crippen molar-refractivity contribution in [1.82, 2.24) is 4.90 Å². The average molecular weight is 259 g/mol. The zero-order valence-corrected chi connectivity index (χ0v) is 11.8. The van der Waals surface area contributed by atoms with Crippen LogP contribution in [0.1, 0.15) is 43.6 Å². The molecular formula is C17H25NO. The molecule has 0 aromatic heterocycles. The number of hydrogen-bond acceptors (Lipinski definition) is 2. The largest absolute Gasteiger partial charge is 0.396 e. The van der Waals surface area contributed by atoms with Crippen molar-refractivity contribution in [2.24, 2.45) is 5.92 Å². The Bertz CT molecular complexity index is 405. The summed E-state index contributed by atoms with van der Waals surface area (Å²) in [5, 5.41) is 9.18. The number of benzene rings is 1. The molecule has 1 aromatic rings. The van der Waals surface area contributed by atoms with E-state index in [-0.39, 0.29) is 0 Å². The van der Waals surface area contributed by atoms with E-state index in [1.54, 1.807) is 0 Å². The van der Waals surface area contributed by atoms with Gasteiger partial charge in [0.15, 0.2) is 0 Å². The van der Waals surface area contributed by atoms with E-state index >= 15 is 0 Å². The van der Waals surface area contributed by atoms with E-state index in [1.807, 2.05) is 0 Å². The molecule has 104 valence electrons. The first-order chi connectivity index (χ1) is 9.31. The second-order valence-electron chi connectivity index (χ2n) is 6.25. The van der Waals surface area contributed by atoms with E-state index in [9.17, 15) is 5.11 Å². The Balaban J connectivity index is 1.84. The third kappa shape index (κ3) is 2.44. The van der Waals surface area contributed by atoms with Crippen molar-refractivity contribution in [3.63, 3.8) is 0 Å². The van der Waals surface area contributed by atoms with Crippen molar-refractivity contribution >= 4 is 0 Å². The zero-order valence-electron chi connectivity index (χ0n) is 11.8. The first-order valence-electron chi connectivity index (χ1n) is 7.69. The molecule has 0 radical (unpaired) electrons. The lowest BCUT2D eigenvalue weighted by Crippen LogP contribution is -2.45. The molecule has 19 heavy (non-hydrogen) atoms. The number of fused-ring (bicyclic) bond motifs is 2. The van der Waals surface area contributed by atoms with Crippen LogP contribution in [0.25, 0.3) is 0 Å². The molecule has 2 aliphatic heterocycles. The van der Waals surface area contributed by atoms with Crippen LogP contribution in [0.5, 0.6) is 0 Å². The van der Waals surface area contributed by atoms with Gasteiger partial charge in [-0.3, -0.25) is 0 Å². The van der Waals surface area contributed by atoms with E-state index in [0.717, 1.165) is 30.8 Å². The Morgan fingerprint density at radius 3 is 2.74 bits per heavy atom. The molecule has 0 aliphatic carbocycles. The van der Waals surface area contributed by atoms with E-state index in [1.165, 1.54) is 24.8 Å². The minimum atomic E-state index is 0.331. The third-order valence-electron chi connectivity index (χ3n) is 5.36. The fraction of sp³-hybridized carbons (Fsp3) is 0.647. The highest BCUT2D eigenvalue weighted by atomic mass is 16.2. The summed E-state index contributed by atoms with van der Waals surface area (Å²) in [6, 6.07) is 12.5. The highest BCUT2D eigenvalue weighted by Crippen LogP contribution is 2.47. The predicted octanol–water partition coefficient (Wildman–Crippen LogP) is 3.03. The summed E-state index contributed by atoms with van der Waals surface area (Å²) in [5.74, 6) is 1.42. The van der Waals surface area contributed by atoms with Crippen molar-refractivity contribution in [2.75, 3.05) is 13.7 Å². The van der Waals surface area contributed by atoms with E-state index < -0.39 is 0 Å². The SMILES string of the molecule is CN1[C@H]2CC[C@@H]1[C@@H](CCCO)[C@@H](c1ccccc1)C2. The summed E-state index contributed by atoms with van der Waals surface area (Å²) < 4.78 is 0.